The predicted molar refractivity (Wildman–Crippen MR) is 83.5 cm³/mol. The average Bonchev–Trinajstić information content (AvgIpc) is 2.47. The van der Waals surface area contributed by atoms with E-state index in [4.69, 9.17) is 0 Å². The van der Waals surface area contributed by atoms with Gasteiger partial charge in [-0.3, -0.25) is 4.79 Å². The van der Waals surface area contributed by atoms with Gasteiger partial charge in [0.2, 0.25) is 5.91 Å². The fourth-order valence-corrected chi connectivity index (χ4v) is 3.17. The summed E-state index contributed by atoms with van der Waals surface area (Å²) < 4.78 is 0. The largest absolute Gasteiger partial charge is 0.388 e. The van der Waals surface area contributed by atoms with E-state index in [0.29, 0.717) is 6.54 Å². The van der Waals surface area contributed by atoms with Crippen LogP contribution in [0.4, 0.5) is 0 Å². The molecule has 1 aliphatic carbocycles. The third kappa shape index (κ3) is 5.43. The molecule has 20 heavy (non-hydrogen) atoms. The molecule has 0 radical (unpaired) electrons. The standard InChI is InChI=1S/C17H33NO2/c1-4-7-8-15(6-3)16(19)18-13-17(20)11-9-14(5-2)10-12-17/h14-15,20H,4-13H2,1-3H3,(H,18,19). The zero-order valence-electron chi connectivity index (χ0n) is 13.6. The molecule has 1 atom stereocenters. The number of amides is 1. The number of hydrogen-bond donors (Lipinski definition) is 2. The Morgan fingerprint density at radius 2 is 1.95 bits per heavy atom. The first-order valence-electron chi connectivity index (χ1n) is 8.54. The van der Waals surface area contributed by atoms with E-state index in [1.165, 1.54) is 6.42 Å². The Morgan fingerprint density at radius 1 is 1.30 bits per heavy atom. The quantitative estimate of drug-likeness (QED) is 0.714. The number of carbonyl (C=O) groups is 1. The summed E-state index contributed by atoms with van der Waals surface area (Å²) in [7, 11) is 0. The third-order valence-electron chi connectivity index (χ3n) is 4.97. The topological polar surface area (TPSA) is 49.3 Å². The van der Waals surface area contributed by atoms with Crippen molar-refractivity contribution in [2.24, 2.45) is 11.8 Å². The molecule has 2 N–H and O–H groups in total. The van der Waals surface area contributed by atoms with Crippen LogP contribution in [0.2, 0.25) is 0 Å². The molecule has 0 saturated heterocycles. The molecule has 1 aliphatic rings. The van der Waals surface area contributed by atoms with Crippen molar-refractivity contribution in [1.29, 1.82) is 0 Å². The SMILES string of the molecule is CCCCC(CC)C(=O)NCC1(O)CCC(CC)CC1. The van der Waals surface area contributed by atoms with Crippen LogP contribution in [0, 0.1) is 11.8 Å². The van der Waals surface area contributed by atoms with Gasteiger partial charge in [0.1, 0.15) is 0 Å². The Labute approximate surface area is 124 Å². The Morgan fingerprint density at radius 3 is 2.45 bits per heavy atom. The van der Waals surface area contributed by atoms with Gasteiger partial charge in [0, 0.05) is 12.5 Å². The van der Waals surface area contributed by atoms with Crippen LogP contribution in [0.1, 0.15) is 78.6 Å². The number of unbranched alkanes of at least 4 members (excludes halogenated alkanes) is 1. The first-order chi connectivity index (χ1) is 9.54. The van der Waals surface area contributed by atoms with Gasteiger partial charge in [0.25, 0.3) is 0 Å². The summed E-state index contributed by atoms with van der Waals surface area (Å²) >= 11 is 0. The maximum Gasteiger partial charge on any atom is 0.223 e. The van der Waals surface area contributed by atoms with Gasteiger partial charge in [-0.25, -0.2) is 0 Å². The number of nitrogens with one attached hydrogen (secondary N) is 1. The highest BCUT2D eigenvalue weighted by molar-refractivity contribution is 5.78. The molecule has 118 valence electrons. The monoisotopic (exact) mass is 283 g/mol. The highest BCUT2D eigenvalue weighted by atomic mass is 16.3. The van der Waals surface area contributed by atoms with Crippen molar-refractivity contribution in [3.05, 3.63) is 0 Å². The normalized spacial score (nSPS) is 28.1. The molecule has 1 fully saturated rings. The molecule has 0 heterocycles. The Bertz CT molecular complexity index is 283. The fourth-order valence-electron chi connectivity index (χ4n) is 3.17. The minimum absolute atomic E-state index is 0.116. The lowest BCUT2D eigenvalue weighted by atomic mass is 9.78. The number of carbonyl (C=O) groups excluding carboxylic acids is 1. The van der Waals surface area contributed by atoms with Crippen LogP contribution in [0.3, 0.4) is 0 Å². The zero-order chi connectivity index (χ0) is 15.0. The first-order valence-corrected chi connectivity index (χ1v) is 8.54. The molecule has 0 aromatic heterocycles. The maximum absolute atomic E-state index is 12.2. The summed E-state index contributed by atoms with van der Waals surface area (Å²) in [4.78, 5) is 12.2. The zero-order valence-corrected chi connectivity index (χ0v) is 13.6. The third-order valence-corrected chi connectivity index (χ3v) is 4.97. The second-order valence-electron chi connectivity index (χ2n) is 6.54. The van der Waals surface area contributed by atoms with Gasteiger partial charge in [-0.15, -0.1) is 0 Å². The highest BCUT2D eigenvalue weighted by Gasteiger charge is 2.33. The van der Waals surface area contributed by atoms with E-state index in [2.05, 4.69) is 26.1 Å². The van der Waals surface area contributed by atoms with E-state index in [1.54, 1.807) is 0 Å². The van der Waals surface area contributed by atoms with Crippen LogP contribution in [-0.2, 0) is 4.79 Å². The lowest BCUT2D eigenvalue weighted by Crippen LogP contribution is -2.46. The van der Waals surface area contributed by atoms with Gasteiger partial charge in [0.05, 0.1) is 5.60 Å². The van der Waals surface area contributed by atoms with Crippen molar-refractivity contribution >= 4 is 5.91 Å². The molecule has 3 heteroatoms. The number of hydrogen-bond acceptors (Lipinski definition) is 2. The highest BCUT2D eigenvalue weighted by Crippen LogP contribution is 2.33. The molecule has 1 rings (SSSR count). The van der Waals surface area contributed by atoms with Gasteiger partial charge in [0.15, 0.2) is 0 Å². The Kier molecular flexibility index (Phi) is 7.57. The maximum atomic E-state index is 12.2. The number of aliphatic hydroxyl groups is 1. The smallest absolute Gasteiger partial charge is 0.223 e. The van der Waals surface area contributed by atoms with Crippen molar-refractivity contribution < 1.29 is 9.90 Å². The molecule has 1 unspecified atom stereocenters. The Balaban J connectivity index is 2.35. The molecule has 1 amide bonds. The lowest BCUT2D eigenvalue weighted by molar-refractivity contribution is -0.127. The van der Waals surface area contributed by atoms with Crippen LogP contribution in [0.15, 0.2) is 0 Å². The van der Waals surface area contributed by atoms with Crippen LogP contribution in [-0.4, -0.2) is 23.2 Å². The van der Waals surface area contributed by atoms with Crippen molar-refractivity contribution in [3.8, 4) is 0 Å². The molecular weight excluding hydrogens is 250 g/mol. The van der Waals surface area contributed by atoms with Crippen molar-refractivity contribution in [2.45, 2.75) is 84.2 Å². The van der Waals surface area contributed by atoms with Gasteiger partial charge >= 0.3 is 0 Å². The van der Waals surface area contributed by atoms with Crippen molar-refractivity contribution in [1.82, 2.24) is 5.32 Å². The molecule has 0 aliphatic heterocycles. The van der Waals surface area contributed by atoms with E-state index in [0.717, 1.165) is 57.3 Å². The van der Waals surface area contributed by atoms with Crippen LogP contribution < -0.4 is 5.32 Å². The predicted octanol–water partition coefficient (Wildman–Crippen LogP) is 3.65. The first kappa shape index (κ1) is 17.5. The number of rotatable bonds is 8. The average molecular weight is 283 g/mol. The molecule has 0 aromatic carbocycles. The molecule has 0 aromatic rings. The van der Waals surface area contributed by atoms with Crippen LogP contribution in [0.25, 0.3) is 0 Å². The summed E-state index contributed by atoms with van der Waals surface area (Å²) in [5, 5.41) is 13.5. The lowest BCUT2D eigenvalue weighted by Gasteiger charge is -2.36. The molecule has 1 saturated carbocycles. The minimum Gasteiger partial charge on any atom is -0.388 e. The molecular formula is C17H33NO2. The molecule has 0 spiro atoms. The van der Waals surface area contributed by atoms with Crippen molar-refractivity contribution in [3.63, 3.8) is 0 Å². The van der Waals surface area contributed by atoms with Crippen molar-refractivity contribution in [2.75, 3.05) is 6.54 Å². The van der Waals surface area contributed by atoms with E-state index in [9.17, 15) is 9.90 Å². The minimum atomic E-state index is -0.662. The van der Waals surface area contributed by atoms with Crippen LogP contribution >= 0.6 is 0 Å². The second kappa shape index (κ2) is 8.66. The summed E-state index contributed by atoms with van der Waals surface area (Å²) in [6.45, 7) is 6.88. The summed E-state index contributed by atoms with van der Waals surface area (Å²) in [6.07, 6.45) is 9.15. The van der Waals surface area contributed by atoms with E-state index in [-0.39, 0.29) is 11.8 Å². The summed E-state index contributed by atoms with van der Waals surface area (Å²) in [5.41, 5.74) is -0.662. The Hall–Kier alpha value is -0.570. The van der Waals surface area contributed by atoms with Gasteiger partial charge in [-0.05, 0) is 44.4 Å². The molecule has 0 bridgehead atoms. The van der Waals surface area contributed by atoms with Gasteiger partial charge in [-0.1, -0.05) is 40.0 Å². The van der Waals surface area contributed by atoms with E-state index < -0.39 is 5.60 Å². The van der Waals surface area contributed by atoms with Crippen LogP contribution in [0.5, 0.6) is 0 Å². The van der Waals surface area contributed by atoms with Gasteiger partial charge < -0.3 is 10.4 Å². The fraction of sp³-hybridized carbons (Fsp3) is 0.941. The summed E-state index contributed by atoms with van der Waals surface area (Å²) in [6, 6.07) is 0. The van der Waals surface area contributed by atoms with E-state index >= 15 is 0 Å². The molecule has 3 nitrogen and oxygen atoms in total. The second-order valence-corrected chi connectivity index (χ2v) is 6.54. The summed E-state index contributed by atoms with van der Waals surface area (Å²) in [5.74, 6) is 1.01. The van der Waals surface area contributed by atoms with Gasteiger partial charge in [-0.2, -0.15) is 0 Å². The van der Waals surface area contributed by atoms with E-state index in [1.807, 2.05) is 0 Å².